The Hall–Kier alpha value is -1.81. The van der Waals surface area contributed by atoms with Crippen molar-refractivity contribution in [1.82, 2.24) is 10.5 Å². The SMILES string of the molecule is CC(C)c1cc(C(=O)NCc2ccccc2Cl)no1. The number of carbonyl (C=O) groups excluding carboxylic acids is 1. The highest BCUT2D eigenvalue weighted by atomic mass is 35.5. The van der Waals surface area contributed by atoms with Gasteiger partial charge in [0.15, 0.2) is 5.69 Å². The highest BCUT2D eigenvalue weighted by Crippen LogP contribution is 2.16. The topological polar surface area (TPSA) is 55.1 Å². The van der Waals surface area contributed by atoms with Crippen LogP contribution >= 0.6 is 11.6 Å². The third kappa shape index (κ3) is 3.35. The Kier molecular flexibility index (Phi) is 4.22. The molecule has 19 heavy (non-hydrogen) atoms. The molecule has 0 atom stereocenters. The lowest BCUT2D eigenvalue weighted by atomic mass is 10.1. The molecule has 2 rings (SSSR count). The fourth-order valence-corrected chi connectivity index (χ4v) is 1.78. The van der Waals surface area contributed by atoms with Crippen molar-refractivity contribution in [2.45, 2.75) is 26.3 Å². The van der Waals surface area contributed by atoms with Gasteiger partial charge in [0.2, 0.25) is 0 Å². The van der Waals surface area contributed by atoms with Crippen LogP contribution in [0.5, 0.6) is 0 Å². The second-order valence-corrected chi connectivity index (χ2v) is 4.95. The van der Waals surface area contributed by atoms with Crippen LogP contribution in [0.3, 0.4) is 0 Å². The van der Waals surface area contributed by atoms with E-state index >= 15 is 0 Å². The first kappa shape index (κ1) is 13.6. The van der Waals surface area contributed by atoms with Gasteiger partial charge < -0.3 is 9.84 Å². The van der Waals surface area contributed by atoms with Crippen LogP contribution in [0.4, 0.5) is 0 Å². The van der Waals surface area contributed by atoms with E-state index < -0.39 is 0 Å². The van der Waals surface area contributed by atoms with E-state index in [0.29, 0.717) is 17.3 Å². The van der Waals surface area contributed by atoms with E-state index in [1.165, 1.54) is 0 Å². The first-order valence-corrected chi connectivity index (χ1v) is 6.44. The zero-order valence-corrected chi connectivity index (χ0v) is 11.6. The molecule has 1 amide bonds. The van der Waals surface area contributed by atoms with Crippen LogP contribution < -0.4 is 5.32 Å². The number of hydrogen-bond acceptors (Lipinski definition) is 3. The van der Waals surface area contributed by atoms with Crippen molar-refractivity contribution in [3.8, 4) is 0 Å². The molecule has 1 aromatic heterocycles. The van der Waals surface area contributed by atoms with Gasteiger partial charge in [0.1, 0.15) is 5.76 Å². The molecule has 1 heterocycles. The van der Waals surface area contributed by atoms with Crippen molar-refractivity contribution >= 4 is 17.5 Å². The maximum atomic E-state index is 11.9. The largest absolute Gasteiger partial charge is 0.360 e. The maximum absolute atomic E-state index is 11.9. The van der Waals surface area contributed by atoms with E-state index in [4.69, 9.17) is 16.1 Å². The van der Waals surface area contributed by atoms with Crippen molar-refractivity contribution in [3.05, 3.63) is 52.4 Å². The van der Waals surface area contributed by atoms with E-state index in [1.54, 1.807) is 12.1 Å². The molecule has 5 heteroatoms. The quantitative estimate of drug-likeness (QED) is 0.933. The van der Waals surface area contributed by atoms with Crippen LogP contribution in [0.15, 0.2) is 34.9 Å². The Bertz CT molecular complexity index is 578. The third-order valence-electron chi connectivity index (χ3n) is 2.73. The molecule has 0 spiro atoms. The summed E-state index contributed by atoms with van der Waals surface area (Å²) in [7, 11) is 0. The van der Waals surface area contributed by atoms with Gasteiger partial charge in [-0.2, -0.15) is 0 Å². The summed E-state index contributed by atoms with van der Waals surface area (Å²) in [4.78, 5) is 11.9. The number of halogens is 1. The fourth-order valence-electron chi connectivity index (χ4n) is 1.58. The predicted molar refractivity (Wildman–Crippen MR) is 73.2 cm³/mol. The molecule has 1 N–H and O–H groups in total. The Morgan fingerprint density at radius 1 is 1.42 bits per heavy atom. The Morgan fingerprint density at radius 2 is 2.16 bits per heavy atom. The van der Waals surface area contributed by atoms with Gasteiger partial charge in [-0.25, -0.2) is 0 Å². The van der Waals surface area contributed by atoms with E-state index in [9.17, 15) is 4.79 Å². The molecule has 0 aliphatic rings. The summed E-state index contributed by atoms with van der Waals surface area (Å²) >= 11 is 6.01. The maximum Gasteiger partial charge on any atom is 0.273 e. The lowest BCUT2D eigenvalue weighted by Crippen LogP contribution is -2.23. The molecule has 0 fully saturated rings. The Morgan fingerprint density at radius 3 is 2.79 bits per heavy atom. The number of hydrogen-bond donors (Lipinski definition) is 1. The molecule has 0 radical (unpaired) electrons. The first-order valence-electron chi connectivity index (χ1n) is 6.06. The number of carbonyl (C=O) groups is 1. The molecule has 0 aliphatic heterocycles. The number of nitrogens with one attached hydrogen (secondary N) is 1. The molecule has 2 aromatic rings. The molecular weight excluding hydrogens is 264 g/mol. The van der Waals surface area contributed by atoms with Crippen LogP contribution in [0.1, 0.15) is 41.6 Å². The molecule has 0 bridgehead atoms. The summed E-state index contributed by atoms with van der Waals surface area (Å²) in [5.74, 6) is 0.635. The smallest absolute Gasteiger partial charge is 0.273 e. The average molecular weight is 279 g/mol. The van der Waals surface area contributed by atoms with E-state index in [-0.39, 0.29) is 17.5 Å². The van der Waals surface area contributed by atoms with Gasteiger partial charge in [0, 0.05) is 23.6 Å². The fraction of sp³-hybridized carbons (Fsp3) is 0.286. The average Bonchev–Trinajstić information content (AvgIpc) is 2.87. The molecule has 0 unspecified atom stereocenters. The highest BCUT2D eigenvalue weighted by Gasteiger charge is 2.14. The number of amides is 1. The van der Waals surface area contributed by atoms with Gasteiger partial charge in [-0.15, -0.1) is 0 Å². The second kappa shape index (κ2) is 5.89. The van der Waals surface area contributed by atoms with Crippen molar-refractivity contribution in [1.29, 1.82) is 0 Å². The summed E-state index contributed by atoms with van der Waals surface area (Å²) < 4.78 is 5.09. The minimum absolute atomic E-state index is 0.206. The highest BCUT2D eigenvalue weighted by molar-refractivity contribution is 6.31. The lowest BCUT2D eigenvalue weighted by molar-refractivity contribution is 0.0941. The molecule has 4 nitrogen and oxygen atoms in total. The minimum atomic E-state index is -0.268. The van der Waals surface area contributed by atoms with Crippen molar-refractivity contribution < 1.29 is 9.32 Å². The normalized spacial score (nSPS) is 10.7. The standard InChI is InChI=1S/C14H15ClN2O2/c1-9(2)13-7-12(17-19-13)14(18)16-8-10-5-3-4-6-11(10)15/h3-7,9H,8H2,1-2H3,(H,16,18). The zero-order chi connectivity index (χ0) is 13.8. The zero-order valence-electron chi connectivity index (χ0n) is 10.8. The van der Waals surface area contributed by atoms with Gasteiger partial charge in [0.25, 0.3) is 5.91 Å². The summed E-state index contributed by atoms with van der Waals surface area (Å²) in [6.45, 7) is 4.32. The van der Waals surface area contributed by atoms with Crippen LogP contribution in [0, 0.1) is 0 Å². The van der Waals surface area contributed by atoms with Gasteiger partial charge in [0.05, 0.1) is 0 Å². The lowest BCUT2D eigenvalue weighted by Gasteiger charge is -2.04. The minimum Gasteiger partial charge on any atom is -0.360 e. The number of aromatic nitrogens is 1. The summed E-state index contributed by atoms with van der Waals surface area (Å²) in [5, 5.41) is 7.14. The summed E-state index contributed by atoms with van der Waals surface area (Å²) in [5.41, 5.74) is 1.15. The van der Waals surface area contributed by atoms with E-state index in [2.05, 4.69) is 10.5 Å². The molecule has 1 aromatic carbocycles. The summed E-state index contributed by atoms with van der Waals surface area (Å²) in [6.07, 6.45) is 0. The van der Waals surface area contributed by atoms with Gasteiger partial charge in [-0.3, -0.25) is 4.79 Å². The van der Waals surface area contributed by atoms with Crippen LogP contribution in [0.25, 0.3) is 0 Å². The number of nitrogens with zero attached hydrogens (tertiary/aromatic N) is 1. The predicted octanol–water partition coefficient (Wildman–Crippen LogP) is 3.38. The van der Waals surface area contributed by atoms with Gasteiger partial charge >= 0.3 is 0 Å². The van der Waals surface area contributed by atoms with Crippen LogP contribution in [0.2, 0.25) is 5.02 Å². The number of benzene rings is 1. The van der Waals surface area contributed by atoms with Gasteiger partial charge in [-0.1, -0.05) is 48.8 Å². The molecule has 100 valence electrons. The number of rotatable bonds is 4. The molecule has 0 aliphatic carbocycles. The Labute approximate surface area is 116 Å². The van der Waals surface area contributed by atoms with E-state index in [0.717, 1.165) is 5.56 Å². The molecule has 0 saturated carbocycles. The van der Waals surface area contributed by atoms with Crippen molar-refractivity contribution in [3.63, 3.8) is 0 Å². The molecular formula is C14H15ClN2O2. The Balaban J connectivity index is 1.99. The third-order valence-corrected chi connectivity index (χ3v) is 3.10. The first-order chi connectivity index (χ1) is 9.08. The van der Waals surface area contributed by atoms with Crippen LogP contribution in [-0.2, 0) is 6.54 Å². The monoisotopic (exact) mass is 278 g/mol. The van der Waals surface area contributed by atoms with Gasteiger partial charge in [-0.05, 0) is 11.6 Å². The molecule has 0 saturated heterocycles. The van der Waals surface area contributed by atoms with Crippen LogP contribution in [-0.4, -0.2) is 11.1 Å². The second-order valence-electron chi connectivity index (χ2n) is 4.54. The van der Waals surface area contributed by atoms with Crippen molar-refractivity contribution in [2.75, 3.05) is 0 Å². The summed E-state index contributed by atoms with van der Waals surface area (Å²) in [6, 6.07) is 9.04. The van der Waals surface area contributed by atoms with E-state index in [1.807, 2.05) is 32.0 Å². The van der Waals surface area contributed by atoms with Crippen molar-refractivity contribution in [2.24, 2.45) is 0 Å².